The minimum atomic E-state index is -3.93. The molecule has 2 aromatic carbocycles. The van der Waals surface area contributed by atoms with Crippen LogP contribution in [0.4, 0.5) is 11.5 Å². The number of aromatic nitrogens is 2. The lowest BCUT2D eigenvalue weighted by molar-refractivity contribution is 0.392. The SMILES string of the molecule is CCCCc1ccc(S(=O)(=O)Nc2ccc(S(=O)(=O)Nc3ccc(OC)nn3)cc2)cc1. The number of hydrogen-bond acceptors (Lipinski definition) is 7. The number of sulfonamides is 2. The smallest absolute Gasteiger partial charge is 0.263 e. The summed E-state index contributed by atoms with van der Waals surface area (Å²) in [5, 5.41) is 7.43. The summed E-state index contributed by atoms with van der Waals surface area (Å²) in [5.74, 6) is 0.276. The Balaban J connectivity index is 1.70. The summed E-state index contributed by atoms with van der Waals surface area (Å²) in [4.78, 5) is 0.0764. The fraction of sp³-hybridized carbons (Fsp3) is 0.238. The van der Waals surface area contributed by atoms with Crippen LogP contribution in [0.15, 0.2) is 70.5 Å². The minimum Gasteiger partial charge on any atom is -0.480 e. The first-order valence-corrected chi connectivity index (χ1v) is 12.8. The molecule has 0 bridgehead atoms. The Morgan fingerprint density at radius 3 is 1.91 bits per heavy atom. The van der Waals surface area contributed by atoms with Crippen molar-refractivity contribution in [3.8, 4) is 5.88 Å². The standard InChI is InChI=1S/C21H24N4O5S2/c1-3-4-5-16-6-10-18(11-7-16)31(26,27)24-17-8-12-19(13-9-17)32(28,29)25-20-14-15-21(30-2)23-22-20/h6-15,24H,3-5H2,1-2H3,(H,22,25). The predicted octanol–water partition coefficient (Wildman–Crippen LogP) is 3.43. The summed E-state index contributed by atoms with van der Waals surface area (Å²) in [5.41, 5.74) is 1.32. The number of aryl methyl sites for hydroxylation is 1. The molecule has 170 valence electrons. The van der Waals surface area contributed by atoms with Gasteiger partial charge in [0.25, 0.3) is 20.0 Å². The van der Waals surface area contributed by atoms with Crippen molar-refractivity contribution in [2.24, 2.45) is 0 Å². The molecule has 0 atom stereocenters. The predicted molar refractivity (Wildman–Crippen MR) is 122 cm³/mol. The van der Waals surface area contributed by atoms with Crippen molar-refractivity contribution in [1.29, 1.82) is 0 Å². The lowest BCUT2D eigenvalue weighted by Crippen LogP contribution is -2.15. The number of rotatable bonds is 10. The zero-order valence-electron chi connectivity index (χ0n) is 17.6. The largest absolute Gasteiger partial charge is 0.480 e. The minimum absolute atomic E-state index is 0.0259. The second kappa shape index (κ2) is 9.96. The van der Waals surface area contributed by atoms with Crippen LogP contribution in [0.5, 0.6) is 5.88 Å². The maximum absolute atomic E-state index is 12.6. The van der Waals surface area contributed by atoms with Gasteiger partial charge in [-0.1, -0.05) is 25.5 Å². The second-order valence-electron chi connectivity index (χ2n) is 6.94. The highest BCUT2D eigenvalue weighted by atomic mass is 32.2. The van der Waals surface area contributed by atoms with Gasteiger partial charge in [-0.05, 0) is 60.9 Å². The lowest BCUT2D eigenvalue weighted by Gasteiger charge is -2.10. The van der Waals surface area contributed by atoms with Crippen LogP contribution >= 0.6 is 0 Å². The first-order valence-electron chi connectivity index (χ1n) is 9.86. The van der Waals surface area contributed by atoms with E-state index in [2.05, 4.69) is 26.6 Å². The zero-order valence-corrected chi connectivity index (χ0v) is 19.3. The Hall–Kier alpha value is -3.18. The van der Waals surface area contributed by atoms with E-state index in [1.807, 2.05) is 0 Å². The van der Waals surface area contributed by atoms with Gasteiger partial charge in [0, 0.05) is 11.8 Å². The molecule has 0 aliphatic rings. The van der Waals surface area contributed by atoms with Gasteiger partial charge in [0.05, 0.1) is 16.9 Å². The number of benzene rings is 2. The molecular formula is C21H24N4O5S2. The molecule has 0 amide bonds. The van der Waals surface area contributed by atoms with Crippen molar-refractivity contribution in [1.82, 2.24) is 10.2 Å². The van der Waals surface area contributed by atoms with Crippen molar-refractivity contribution in [3.05, 3.63) is 66.2 Å². The van der Waals surface area contributed by atoms with E-state index in [0.717, 1.165) is 24.8 Å². The summed E-state index contributed by atoms with van der Waals surface area (Å²) in [6.07, 6.45) is 3.01. The second-order valence-corrected chi connectivity index (χ2v) is 10.3. The number of nitrogens with one attached hydrogen (secondary N) is 2. The first-order chi connectivity index (χ1) is 15.2. The van der Waals surface area contributed by atoms with Crippen LogP contribution in [-0.4, -0.2) is 34.1 Å². The molecule has 3 aromatic rings. The van der Waals surface area contributed by atoms with Gasteiger partial charge in [-0.3, -0.25) is 9.44 Å². The quantitative estimate of drug-likeness (QED) is 0.459. The van der Waals surface area contributed by atoms with E-state index in [-0.39, 0.29) is 27.2 Å². The lowest BCUT2D eigenvalue weighted by atomic mass is 10.1. The Labute approximate surface area is 188 Å². The van der Waals surface area contributed by atoms with Crippen LogP contribution in [0.25, 0.3) is 0 Å². The third kappa shape index (κ3) is 5.95. The molecule has 1 aromatic heterocycles. The van der Waals surface area contributed by atoms with Crippen LogP contribution in [0.1, 0.15) is 25.3 Å². The Kier molecular flexibility index (Phi) is 7.31. The van der Waals surface area contributed by atoms with Crippen LogP contribution in [0.3, 0.4) is 0 Å². The highest BCUT2D eigenvalue weighted by Crippen LogP contribution is 2.21. The van der Waals surface area contributed by atoms with E-state index in [9.17, 15) is 16.8 Å². The molecule has 0 aliphatic heterocycles. The van der Waals surface area contributed by atoms with Crippen LogP contribution in [-0.2, 0) is 26.5 Å². The van der Waals surface area contributed by atoms with Gasteiger partial charge in [0.2, 0.25) is 5.88 Å². The van der Waals surface area contributed by atoms with Gasteiger partial charge in [0.1, 0.15) is 0 Å². The number of methoxy groups -OCH3 is 1. The average Bonchev–Trinajstić information content (AvgIpc) is 2.78. The third-order valence-corrected chi connectivity index (χ3v) is 7.33. The summed E-state index contributed by atoms with van der Waals surface area (Å²) in [7, 11) is -6.31. The Morgan fingerprint density at radius 1 is 0.781 bits per heavy atom. The van der Waals surface area contributed by atoms with Gasteiger partial charge >= 0.3 is 0 Å². The summed E-state index contributed by atoms with van der Waals surface area (Å²) in [6.45, 7) is 2.10. The number of nitrogens with zero attached hydrogens (tertiary/aromatic N) is 2. The molecule has 9 nitrogen and oxygen atoms in total. The number of unbranched alkanes of at least 4 members (excludes halogenated alkanes) is 1. The third-order valence-electron chi connectivity index (χ3n) is 4.56. The number of hydrogen-bond donors (Lipinski definition) is 2. The fourth-order valence-corrected chi connectivity index (χ4v) is 4.87. The molecule has 2 N–H and O–H groups in total. The molecule has 0 aliphatic carbocycles. The monoisotopic (exact) mass is 476 g/mol. The summed E-state index contributed by atoms with van der Waals surface area (Å²) >= 11 is 0. The molecule has 11 heteroatoms. The van der Waals surface area contributed by atoms with E-state index in [0.29, 0.717) is 0 Å². The Bertz CT molecular complexity index is 1240. The average molecular weight is 477 g/mol. The van der Waals surface area contributed by atoms with Crippen LogP contribution in [0, 0.1) is 0 Å². The fourth-order valence-electron chi connectivity index (χ4n) is 2.81. The van der Waals surface area contributed by atoms with Crippen molar-refractivity contribution in [2.45, 2.75) is 36.0 Å². The van der Waals surface area contributed by atoms with Crippen molar-refractivity contribution in [2.75, 3.05) is 16.6 Å². The topological polar surface area (TPSA) is 127 Å². The maximum atomic E-state index is 12.6. The molecule has 0 unspecified atom stereocenters. The van der Waals surface area contributed by atoms with E-state index in [1.165, 1.54) is 43.5 Å². The number of anilines is 2. The molecule has 0 saturated heterocycles. The first kappa shape index (κ1) is 23.5. The van der Waals surface area contributed by atoms with Gasteiger partial charge < -0.3 is 4.74 Å². The van der Waals surface area contributed by atoms with Gasteiger partial charge in [0.15, 0.2) is 5.82 Å². The van der Waals surface area contributed by atoms with E-state index in [1.54, 1.807) is 24.3 Å². The maximum Gasteiger partial charge on any atom is 0.263 e. The summed E-state index contributed by atoms with van der Waals surface area (Å²) in [6, 6.07) is 15.0. The normalized spacial score (nSPS) is 11.7. The molecule has 3 rings (SSSR count). The summed E-state index contributed by atoms with van der Waals surface area (Å²) < 4.78 is 60.0. The van der Waals surface area contributed by atoms with Crippen LogP contribution in [0.2, 0.25) is 0 Å². The van der Waals surface area contributed by atoms with Gasteiger partial charge in [-0.25, -0.2) is 16.8 Å². The molecule has 1 heterocycles. The van der Waals surface area contributed by atoms with E-state index < -0.39 is 20.0 Å². The van der Waals surface area contributed by atoms with Crippen molar-refractivity contribution < 1.29 is 21.6 Å². The highest BCUT2D eigenvalue weighted by molar-refractivity contribution is 7.93. The molecular weight excluding hydrogens is 452 g/mol. The van der Waals surface area contributed by atoms with E-state index in [4.69, 9.17) is 4.74 Å². The van der Waals surface area contributed by atoms with E-state index >= 15 is 0 Å². The highest BCUT2D eigenvalue weighted by Gasteiger charge is 2.17. The van der Waals surface area contributed by atoms with Gasteiger partial charge in [-0.15, -0.1) is 10.2 Å². The number of ether oxygens (including phenoxy) is 1. The zero-order chi connectivity index (χ0) is 23.2. The molecule has 0 radical (unpaired) electrons. The Morgan fingerprint density at radius 2 is 1.38 bits per heavy atom. The van der Waals surface area contributed by atoms with Crippen LogP contribution < -0.4 is 14.2 Å². The van der Waals surface area contributed by atoms with Crippen molar-refractivity contribution >= 4 is 31.6 Å². The molecule has 0 spiro atoms. The van der Waals surface area contributed by atoms with Gasteiger partial charge in [-0.2, -0.15) is 0 Å². The van der Waals surface area contributed by atoms with Crippen molar-refractivity contribution in [3.63, 3.8) is 0 Å². The molecule has 32 heavy (non-hydrogen) atoms. The molecule has 0 saturated carbocycles. The molecule has 0 fully saturated rings.